The molecule has 0 bridgehead atoms. The Labute approximate surface area is 274 Å². The summed E-state index contributed by atoms with van der Waals surface area (Å²) in [6.45, 7) is 6.93. The normalized spacial score (nSPS) is 20.0. The van der Waals surface area contributed by atoms with Gasteiger partial charge in [-0.25, -0.2) is 4.99 Å². The number of piperazine rings is 1. The van der Waals surface area contributed by atoms with Gasteiger partial charge in [-0.2, -0.15) is 0 Å². The SMILES string of the molecule is COc1cc(CNC(=O)[C@@H]2CN(C3=NC(C)(C)[C@H](c4ccccc4)O3)CCN2C(=O)[C@@H](CCCCN(C)C)N(C)C)ccc1CN. The first-order valence-corrected chi connectivity index (χ1v) is 16.3. The summed E-state index contributed by atoms with van der Waals surface area (Å²) in [4.78, 5) is 41.0. The van der Waals surface area contributed by atoms with Gasteiger partial charge in [0.25, 0.3) is 6.02 Å². The van der Waals surface area contributed by atoms with Crippen LogP contribution < -0.4 is 15.8 Å². The molecule has 3 N–H and O–H groups in total. The number of benzene rings is 2. The number of methoxy groups -OCH3 is 1. The summed E-state index contributed by atoms with van der Waals surface area (Å²) in [5.74, 6) is 0.438. The van der Waals surface area contributed by atoms with E-state index in [0.717, 1.165) is 42.5 Å². The summed E-state index contributed by atoms with van der Waals surface area (Å²) >= 11 is 0. The Hall–Kier alpha value is -3.67. The highest BCUT2D eigenvalue weighted by atomic mass is 16.5. The Morgan fingerprint density at radius 3 is 2.50 bits per heavy atom. The van der Waals surface area contributed by atoms with Crippen LogP contribution in [0, 0.1) is 0 Å². The molecule has 4 rings (SSSR count). The van der Waals surface area contributed by atoms with Crippen LogP contribution in [-0.2, 0) is 27.4 Å². The molecule has 46 heavy (non-hydrogen) atoms. The molecule has 3 atom stereocenters. The number of hydrogen-bond acceptors (Lipinski definition) is 9. The minimum atomic E-state index is -0.721. The molecule has 0 aromatic heterocycles. The van der Waals surface area contributed by atoms with Gasteiger partial charge < -0.3 is 35.2 Å². The van der Waals surface area contributed by atoms with Crippen molar-refractivity contribution in [3.63, 3.8) is 0 Å². The standard InChI is InChI=1S/C35H53N7O4/c1-35(2)31(26-13-9-8-10-14-26)46-34(38-35)41-19-20-42(33(44)28(40(5)6)15-11-12-18-39(3)4)29(24-41)32(43)37-23-25-16-17-27(22-36)30(21-25)45-7/h8-10,13-14,16-17,21,28-29,31H,11-12,15,18-20,22-24,36H2,1-7H3,(H,37,43)/t28-,29+,31+/m1/s1. The van der Waals surface area contributed by atoms with Crippen LogP contribution in [0.5, 0.6) is 5.75 Å². The average molecular weight is 636 g/mol. The smallest absolute Gasteiger partial charge is 0.288 e. The van der Waals surface area contributed by atoms with Crippen LogP contribution in [-0.4, -0.2) is 117 Å². The number of nitrogens with two attached hydrogens (primary N) is 1. The number of likely N-dealkylation sites (N-methyl/N-ethyl adjacent to an activating group) is 1. The van der Waals surface area contributed by atoms with E-state index in [4.69, 9.17) is 20.2 Å². The van der Waals surface area contributed by atoms with E-state index < -0.39 is 11.6 Å². The van der Waals surface area contributed by atoms with Crippen LogP contribution in [0.1, 0.15) is 55.9 Å². The fraction of sp³-hybridized carbons (Fsp3) is 0.571. The lowest BCUT2D eigenvalue weighted by molar-refractivity contribution is -0.147. The predicted octanol–water partition coefficient (Wildman–Crippen LogP) is 2.85. The second kappa shape index (κ2) is 15.8. The summed E-state index contributed by atoms with van der Waals surface area (Å²) < 4.78 is 12.0. The van der Waals surface area contributed by atoms with Crippen LogP contribution in [0.4, 0.5) is 0 Å². The predicted molar refractivity (Wildman–Crippen MR) is 181 cm³/mol. The van der Waals surface area contributed by atoms with Crippen molar-refractivity contribution in [2.45, 2.75) is 69.9 Å². The second-order valence-electron chi connectivity index (χ2n) is 13.3. The van der Waals surface area contributed by atoms with Crippen molar-refractivity contribution in [3.8, 4) is 5.75 Å². The van der Waals surface area contributed by atoms with Crippen molar-refractivity contribution in [2.75, 3.05) is 61.5 Å². The number of carbonyl (C=O) groups is 2. The molecule has 0 spiro atoms. The number of carbonyl (C=O) groups excluding carboxylic acids is 2. The number of rotatable bonds is 13. The summed E-state index contributed by atoms with van der Waals surface area (Å²) in [5.41, 5.74) is 8.18. The summed E-state index contributed by atoms with van der Waals surface area (Å²) in [5, 5.41) is 3.09. The number of ether oxygens (including phenoxy) is 2. The van der Waals surface area contributed by atoms with Gasteiger partial charge in [0.1, 0.15) is 17.3 Å². The molecule has 0 radical (unpaired) electrons. The van der Waals surface area contributed by atoms with Crippen molar-refractivity contribution in [2.24, 2.45) is 10.7 Å². The third-order valence-electron chi connectivity index (χ3n) is 8.87. The number of aliphatic imine (C=N–C) groups is 1. The van der Waals surface area contributed by atoms with E-state index in [2.05, 4.69) is 38.2 Å². The maximum Gasteiger partial charge on any atom is 0.288 e. The minimum absolute atomic E-state index is 0.0274. The molecule has 252 valence electrons. The molecule has 1 saturated heterocycles. The average Bonchev–Trinajstić information content (AvgIpc) is 3.37. The van der Waals surface area contributed by atoms with Gasteiger partial charge >= 0.3 is 0 Å². The molecule has 1 fully saturated rings. The van der Waals surface area contributed by atoms with Crippen molar-refractivity contribution in [1.29, 1.82) is 0 Å². The van der Waals surface area contributed by atoms with Gasteiger partial charge in [-0.1, -0.05) is 48.9 Å². The van der Waals surface area contributed by atoms with Crippen LogP contribution in [0.3, 0.4) is 0 Å². The number of amides is 2. The first-order valence-electron chi connectivity index (χ1n) is 16.3. The summed E-state index contributed by atoms with van der Waals surface area (Å²) in [7, 11) is 9.59. The van der Waals surface area contributed by atoms with E-state index in [1.807, 2.05) is 72.4 Å². The van der Waals surface area contributed by atoms with Crippen LogP contribution in [0.2, 0.25) is 0 Å². The molecule has 11 heteroatoms. The van der Waals surface area contributed by atoms with Gasteiger partial charge in [-0.05, 0) is 78.6 Å². The van der Waals surface area contributed by atoms with Crippen molar-refractivity contribution >= 4 is 17.8 Å². The van der Waals surface area contributed by atoms with Crippen LogP contribution >= 0.6 is 0 Å². The Bertz CT molecular complexity index is 1350. The topological polar surface area (TPSA) is 116 Å². The van der Waals surface area contributed by atoms with E-state index in [-0.39, 0.29) is 30.5 Å². The molecule has 2 aromatic rings. The van der Waals surface area contributed by atoms with E-state index in [1.165, 1.54) is 0 Å². The maximum atomic E-state index is 14.2. The van der Waals surface area contributed by atoms with Crippen molar-refractivity contribution < 1.29 is 19.1 Å². The monoisotopic (exact) mass is 635 g/mol. The van der Waals surface area contributed by atoms with Crippen LogP contribution in [0.25, 0.3) is 0 Å². The third-order valence-corrected chi connectivity index (χ3v) is 8.87. The number of unbranched alkanes of at least 4 members (excludes halogenated alkanes) is 1. The number of nitrogens with zero attached hydrogens (tertiary/aromatic N) is 5. The summed E-state index contributed by atoms with van der Waals surface area (Å²) in [6, 6.07) is 15.3. The highest BCUT2D eigenvalue weighted by molar-refractivity contribution is 5.91. The third kappa shape index (κ3) is 8.57. The zero-order valence-corrected chi connectivity index (χ0v) is 28.7. The maximum absolute atomic E-state index is 14.2. The van der Waals surface area contributed by atoms with Gasteiger partial charge in [0, 0.05) is 31.7 Å². The first kappa shape index (κ1) is 35.2. The van der Waals surface area contributed by atoms with Crippen LogP contribution in [0.15, 0.2) is 53.5 Å². The molecule has 2 heterocycles. The lowest BCUT2D eigenvalue weighted by Gasteiger charge is -2.42. The van der Waals surface area contributed by atoms with Gasteiger partial charge in [0.05, 0.1) is 19.7 Å². The quantitative estimate of drug-likeness (QED) is 0.323. The molecule has 0 unspecified atom stereocenters. The Morgan fingerprint density at radius 1 is 1.11 bits per heavy atom. The molecular weight excluding hydrogens is 582 g/mol. The Kier molecular flexibility index (Phi) is 12.0. The highest BCUT2D eigenvalue weighted by Crippen LogP contribution is 2.38. The lowest BCUT2D eigenvalue weighted by Crippen LogP contribution is -2.64. The Balaban J connectivity index is 1.54. The van der Waals surface area contributed by atoms with Gasteiger partial charge in [0.15, 0.2) is 6.10 Å². The number of amidine groups is 1. The Morgan fingerprint density at radius 2 is 1.85 bits per heavy atom. The van der Waals surface area contributed by atoms with E-state index in [1.54, 1.807) is 12.0 Å². The van der Waals surface area contributed by atoms with Crippen molar-refractivity contribution in [1.82, 2.24) is 24.9 Å². The lowest BCUT2D eigenvalue weighted by atomic mass is 9.93. The zero-order chi connectivity index (χ0) is 33.4. The van der Waals surface area contributed by atoms with E-state index in [0.29, 0.717) is 38.0 Å². The van der Waals surface area contributed by atoms with E-state index >= 15 is 0 Å². The molecule has 2 aliphatic heterocycles. The molecule has 0 aliphatic carbocycles. The molecule has 2 aliphatic rings. The molecule has 0 saturated carbocycles. The molecular formula is C35H53N7O4. The van der Waals surface area contributed by atoms with Gasteiger partial charge in [-0.3, -0.25) is 14.5 Å². The first-order chi connectivity index (χ1) is 21.9. The second-order valence-corrected chi connectivity index (χ2v) is 13.3. The molecule has 2 aromatic carbocycles. The fourth-order valence-electron chi connectivity index (χ4n) is 6.21. The van der Waals surface area contributed by atoms with Gasteiger partial charge in [0.2, 0.25) is 11.8 Å². The fourth-order valence-corrected chi connectivity index (χ4v) is 6.21. The van der Waals surface area contributed by atoms with Gasteiger partial charge in [-0.15, -0.1) is 0 Å². The minimum Gasteiger partial charge on any atom is -0.496 e. The largest absolute Gasteiger partial charge is 0.496 e. The zero-order valence-electron chi connectivity index (χ0n) is 28.7. The molecule has 11 nitrogen and oxygen atoms in total. The van der Waals surface area contributed by atoms with Crippen molar-refractivity contribution in [3.05, 3.63) is 65.2 Å². The highest BCUT2D eigenvalue weighted by Gasteiger charge is 2.45. The molecule has 2 amide bonds. The van der Waals surface area contributed by atoms with E-state index in [9.17, 15) is 9.59 Å². The number of nitrogens with one attached hydrogen (secondary N) is 1. The number of hydrogen-bond donors (Lipinski definition) is 2. The summed E-state index contributed by atoms with van der Waals surface area (Å²) in [6.07, 6.45) is 2.40.